The van der Waals surface area contributed by atoms with Gasteiger partial charge in [0.2, 0.25) is 5.91 Å². The van der Waals surface area contributed by atoms with Gasteiger partial charge >= 0.3 is 6.18 Å². The van der Waals surface area contributed by atoms with E-state index in [2.05, 4.69) is 31.0 Å². The molecule has 0 aliphatic carbocycles. The molecule has 17 heteroatoms. The zero-order valence-electron chi connectivity index (χ0n) is 20.3. The maximum absolute atomic E-state index is 13.6. The quantitative estimate of drug-likeness (QED) is 0.209. The van der Waals surface area contributed by atoms with Crippen LogP contribution in [0.2, 0.25) is 5.02 Å². The number of alkyl halides is 5. The number of rotatable bonds is 10. The molecule has 3 aromatic heterocycles. The summed E-state index contributed by atoms with van der Waals surface area (Å²) >= 11 is 6.26. The molecule has 40 heavy (non-hydrogen) atoms. The Labute approximate surface area is 227 Å². The first-order valence-electron chi connectivity index (χ1n) is 11.5. The fourth-order valence-corrected chi connectivity index (χ4v) is 3.97. The monoisotopic (exact) mass is 585 g/mol. The molecule has 0 saturated heterocycles. The Morgan fingerprint density at radius 2 is 1.93 bits per heavy atom. The van der Waals surface area contributed by atoms with Gasteiger partial charge in [0.1, 0.15) is 6.54 Å². The van der Waals surface area contributed by atoms with Crippen molar-refractivity contribution in [3.8, 4) is 11.3 Å². The molecule has 0 aliphatic rings. The molecule has 4 aromatic rings. The van der Waals surface area contributed by atoms with Gasteiger partial charge in [-0.25, -0.2) is 18.7 Å². The molecular formula is C23H21ClF5N9O2. The van der Waals surface area contributed by atoms with Crippen molar-refractivity contribution in [3.05, 3.63) is 59.3 Å². The van der Waals surface area contributed by atoms with Crippen LogP contribution in [0, 0.1) is 0 Å². The number of amides is 2. The minimum Gasteiger partial charge on any atom is -0.353 e. The second kappa shape index (κ2) is 11.8. The third-order valence-electron chi connectivity index (χ3n) is 5.41. The van der Waals surface area contributed by atoms with Crippen LogP contribution in [0.1, 0.15) is 16.1 Å². The van der Waals surface area contributed by atoms with E-state index in [1.165, 1.54) is 35.0 Å². The standard InChI is InChI=1S/C23H21ClF5N9O2/c24-15-7-12(1-2-13(15)22(40)34-9-18(39)31-4-3-30)35-20-21-33-8-16(38(21)6-5-32-20)14-10-37(11-17(25)26)36-19(14)23(27,28)29/h1-2,5-8,10,17H,3-4,9,11,30H2,(H,31,39)(H,32,35)(H,34,40). The molecule has 0 atom stereocenters. The van der Waals surface area contributed by atoms with Gasteiger partial charge in [-0.15, -0.1) is 0 Å². The molecule has 0 saturated carbocycles. The fraction of sp³-hybridized carbons (Fsp3) is 0.261. The predicted molar refractivity (Wildman–Crippen MR) is 134 cm³/mol. The van der Waals surface area contributed by atoms with E-state index in [9.17, 15) is 31.5 Å². The predicted octanol–water partition coefficient (Wildman–Crippen LogP) is 3.08. The summed E-state index contributed by atoms with van der Waals surface area (Å²) in [5.74, 6) is -0.882. The normalized spacial score (nSPS) is 11.7. The third kappa shape index (κ3) is 6.45. The summed E-state index contributed by atoms with van der Waals surface area (Å²) in [7, 11) is 0. The lowest BCUT2D eigenvalue weighted by Crippen LogP contribution is -2.38. The Hall–Kier alpha value is -4.31. The summed E-state index contributed by atoms with van der Waals surface area (Å²) in [4.78, 5) is 32.4. The van der Waals surface area contributed by atoms with Gasteiger partial charge in [-0.2, -0.15) is 18.3 Å². The third-order valence-corrected chi connectivity index (χ3v) is 5.72. The number of nitrogens with two attached hydrogens (primary N) is 1. The number of nitrogens with one attached hydrogen (secondary N) is 3. The number of hydrogen-bond donors (Lipinski definition) is 4. The second-order valence-corrected chi connectivity index (χ2v) is 8.66. The smallest absolute Gasteiger partial charge is 0.353 e. The summed E-state index contributed by atoms with van der Waals surface area (Å²) in [6, 6.07) is 4.32. The fourth-order valence-electron chi connectivity index (χ4n) is 3.70. The number of carbonyl (C=O) groups excluding carboxylic acids is 2. The number of carbonyl (C=O) groups is 2. The minimum atomic E-state index is -4.90. The highest BCUT2D eigenvalue weighted by Gasteiger charge is 2.38. The molecule has 0 fully saturated rings. The Balaban J connectivity index is 1.58. The van der Waals surface area contributed by atoms with Crippen LogP contribution in [0.25, 0.3) is 16.9 Å². The molecule has 212 valence electrons. The van der Waals surface area contributed by atoms with Gasteiger partial charge in [0.15, 0.2) is 17.2 Å². The number of aromatic nitrogens is 5. The van der Waals surface area contributed by atoms with E-state index in [-0.39, 0.29) is 47.4 Å². The minimum absolute atomic E-state index is 0.0436. The van der Waals surface area contributed by atoms with Crippen LogP contribution >= 0.6 is 11.6 Å². The molecule has 5 N–H and O–H groups in total. The van der Waals surface area contributed by atoms with E-state index >= 15 is 0 Å². The number of imidazole rings is 1. The highest BCUT2D eigenvalue weighted by molar-refractivity contribution is 6.34. The molecule has 0 bridgehead atoms. The van der Waals surface area contributed by atoms with Gasteiger partial charge in [-0.05, 0) is 18.2 Å². The number of benzene rings is 1. The summed E-state index contributed by atoms with van der Waals surface area (Å²) < 4.78 is 68.3. The van der Waals surface area contributed by atoms with Crippen molar-refractivity contribution in [3.63, 3.8) is 0 Å². The van der Waals surface area contributed by atoms with Crippen LogP contribution in [0.5, 0.6) is 0 Å². The molecule has 3 heterocycles. The van der Waals surface area contributed by atoms with Gasteiger partial charge in [0.05, 0.1) is 34.6 Å². The lowest BCUT2D eigenvalue weighted by atomic mass is 10.2. The van der Waals surface area contributed by atoms with Crippen molar-refractivity contribution in [2.45, 2.75) is 19.1 Å². The first-order valence-corrected chi connectivity index (χ1v) is 11.9. The number of anilines is 2. The van der Waals surface area contributed by atoms with E-state index in [1.54, 1.807) is 0 Å². The number of fused-ring (bicyclic) bond motifs is 1. The second-order valence-electron chi connectivity index (χ2n) is 8.26. The average molecular weight is 586 g/mol. The average Bonchev–Trinajstić information content (AvgIpc) is 3.50. The van der Waals surface area contributed by atoms with Crippen molar-refractivity contribution in [2.75, 3.05) is 25.0 Å². The highest BCUT2D eigenvalue weighted by Crippen LogP contribution is 2.37. The van der Waals surface area contributed by atoms with Gasteiger partial charge in [-0.1, -0.05) is 11.6 Å². The molecule has 0 aliphatic heterocycles. The van der Waals surface area contributed by atoms with Gasteiger partial charge in [0, 0.05) is 37.4 Å². The van der Waals surface area contributed by atoms with Crippen molar-refractivity contribution < 1.29 is 31.5 Å². The van der Waals surface area contributed by atoms with Crippen LogP contribution < -0.4 is 21.7 Å². The lowest BCUT2D eigenvalue weighted by molar-refractivity contribution is -0.141. The van der Waals surface area contributed by atoms with Gasteiger partial charge < -0.3 is 21.7 Å². The highest BCUT2D eigenvalue weighted by atomic mass is 35.5. The van der Waals surface area contributed by atoms with Crippen LogP contribution in [0.3, 0.4) is 0 Å². The molecule has 11 nitrogen and oxygen atoms in total. The SMILES string of the molecule is NCCNC(=O)CNC(=O)c1ccc(Nc2nccn3c(-c4cn(CC(F)F)nc4C(F)(F)F)cnc23)cc1Cl. The summed E-state index contributed by atoms with van der Waals surface area (Å²) in [6.45, 7) is -0.769. The Morgan fingerprint density at radius 3 is 2.60 bits per heavy atom. The van der Waals surface area contributed by atoms with Gasteiger partial charge in [0.25, 0.3) is 12.3 Å². The molecule has 0 radical (unpaired) electrons. The number of halogens is 6. The Morgan fingerprint density at radius 1 is 1.15 bits per heavy atom. The maximum atomic E-state index is 13.6. The van der Waals surface area contributed by atoms with E-state index in [0.717, 1.165) is 12.4 Å². The first kappa shape index (κ1) is 28.7. The Kier molecular flexibility index (Phi) is 8.49. The zero-order valence-corrected chi connectivity index (χ0v) is 21.1. The maximum Gasteiger partial charge on any atom is 0.435 e. The van der Waals surface area contributed by atoms with Crippen LogP contribution in [0.4, 0.5) is 33.5 Å². The van der Waals surface area contributed by atoms with Crippen LogP contribution in [-0.4, -0.2) is 62.0 Å². The number of nitrogens with zero attached hydrogens (tertiary/aromatic N) is 5. The largest absolute Gasteiger partial charge is 0.435 e. The molecule has 1 aromatic carbocycles. The Bertz CT molecular complexity index is 1540. The molecule has 4 rings (SSSR count). The summed E-state index contributed by atoms with van der Waals surface area (Å²) in [6.07, 6.45) is -3.11. The molecular weight excluding hydrogens is 565 g/mol. The van der Waals surface area contributed by atoms with Crippen molar-refractivity contribution in [1.29, 1.82) is 0 Å². The van der Waals surface area contributed by atoms with E-state index in [1.807, 2.05) is 0 Å². The van der Waals surface area contributed by atoms with E-state index < -0.39 is 42.2 Å². The topological polar surface area (TPSA) is 144 Å². The van der Waals surface area contributed by atoms with Crippen LogP contribution in [0.15, 0.2) is 43.0 Å². The van der Waals surface area contributed by atoms with Crippen LogP contribution in [-0.2, 0) is 17.5 Å². The number of hydrogen-bond acceptors (Lipinski definition) is 7. The zero-order chi connectivity index (χ0) is 29.0. The van der Waals surface area contributed by atoms with Crippen molar-refractivity contribution >= 4 is 40.6 Å². The van der Waals surface area contributed by atoms with E-state index in [4.69, 9.17) is 17.3 Å². The van der Waals surface area contributed by atoms with E-state index in [0.29, 0.717) is 10.4 Å². The molecule has 2 amide bonds. The molecule has 0 unspecified atom stereocenters. The first-order chi connectivity index (χ1) is 19.0. The summed E-state index contributed by atoms with van der Waals surface area (Å²) in [5, 5.41) is 11.2. The van der Waals surface area contributed by atoms with Gasteiger partial charge in [-0.3, -0.25) is 18.7 Å². The lowest BCUT2D eigenvalue weighted by Gasteiger charge is -2.11. The summed E-state index contributed by atoms with van der Waals surface area (Å²) in [5.41, 5.74) is 4.07. The van der Waals surface area contributed by atoms with Crippen molar-refractivity contribution in [1.82, 2.24) is 34.8 Å². The molecule has 0 spiro atoms. The van der Waals surface area contributed by atoms with Crippen molar-refractivity contribution in [2.24, 2.45) is 5.73 Å².